The van der Waals surface area contributed by atoms with Crippen LogP contribution in [-0.2, 0) is 0 Å². The lowest BCUT2D eigenvalue weighted by atomic mass is 10.1. The van der Waals surface area contributed by atoms with Gasteiger partial charge >= 0.3 is 0 Å². The van der Waals surface area contributed by atoms with Gasteiger partial charge in [-0.2, -0.15) is 11.8 Å². The van der Waals surface area contributed by atoms with E-state index in [4.69, 9.17) is 0 Å². The average molecular weight is 330 g/mol. The maximum atomic E-state index is 9.58. The summed E-state index contributed by atoms with van der Waals surface area (Å²) >= 11 is 5.61. The minimum absolute atomic E-state index is 0.405. The minimum atomic E-state index is -0.405. The number of halogens is 1. The number of hydrogen-bond donors (Lipinski definition) is 1. The van der Waals surface area contributed by atoms with Gasteiger partial charge < -0.3 is 10.0 Å². The molecule has 1 atom stereocenters. The smallest absolute Gasteiger partial charge is 0.0762 e. The Morgan fingerprint density at radius 2 is 2.06 bits per heavy atom. The van der Waals surface area contributed by atoms with Gasteiger partial charge in [-0.1, -0.05) is 6.07 Å². The van der Waals surface area contributed by atoms with Crippen molar-refractivity contribution in [2.45, 2.75) is 31.1 Å². The fourth-order valence-electron chi connectivity index (χ4n) is 2.37. The minimum Gasteiger partial charge on any atom is -0.389 e. The molecule has 0 spiro atoms. The van der Waals surface area contributed by atoms with E-state index in [1.807, 2.05) is 23.9 Å². The van der Waals surface area contributed by atoms with Crippen LogP contribution in [-0.4, -0.2) is 29.7 Å². The summed E-state index contributed by atoms with van der Waals surface area (Å²) < 4.78 is 1.09. The highest BCUT2D eigenvalue weighted by atomic mass is 79.9. The van der Waals surface area contributed by atoms with Crippen molar-refractivity contribution in [1.82, 2.24) is 0 Å². The lowest BCUT2D eigenvalue weighted by Gasteiger charge is -2.33. The topological polar surface area (TPSA) is 23.5 Å². The number of anilines is 1. The summed E-state index contributed by atoms with van der Waals surface area (Å²) in [6.07, 6.45) is 4.31. The number of rotatable bonds is 3. The molecule has 1 aliphatic rings. The van der Waals surface area contributed by atoms with Crippen molar-refractivity contribution in [3.05, 3.63) is 28.2 Å². The Hall–Kier alpha value is -0.190. The standard InChI is InChI=1S/C14H20BrNOS/c1-10(17)11-3-4-14(13(15)9-11)16-7-5-12(18-2)6-8-16/h3-4,9-10,12,17H,5-8H2,1-2H3. The highest BCUT2D eigenvalue weighted by molar-refractivity contribution is 9.10. The van der Waals surface area contributed by atoms with E-state index in [1.165, 1.54) is 18.5 Å². The van der Waals surface area contributed by atoms with Gasteiger partial charge in [-0.25, -0.2) is 0 Å². The van der Waals surface area contributed by atoms with Gasteiger partial charge in [0.25, 0.3) is 0 Å². The fourth-order valence-corrected chi connectivity index (χ4v) is 3.70. The molecule has 0 bridgehead atoms. The Balaban J connectivity index is 2.10. The van der Waals surface area contributed by atoms with Crippen LogP contribution >= 0.6 is 27.7 Å². The summed E-state index contributed by atoms with van der Waals surface area (Å²) in [4.78, 5) is 2.43. The molecule has 4 heteroatoms. The van der Waals surface area contributed by atoms with Gasteiger partial charge in [-0.05, 0) is 59.6 Å². The molecule has 0 aliphatic carbocycles. The van der Waals surface area contributed by atoms with E-state index >= 15 is 0 Å². The lowest BCUT2D eigenvalue weighted by molar-refractivity contribution is 0.199. The molecule has 0 aromatic heterocycles. The quantitative estimate of drug-likeness (QED) is 0.911. The van der Waals surface area contributed by atoms with Gasteiger partial charge in [-0.3, -0.25) is 0 Å². The molecule has 2 rings (SSSR count). The van der Waals surface area contributed by atoms with Gasteiger partial charge in [-0.15, -0.1) is 0 Å². The molecule has 0 amide bonds. The monoisotopic (exact) mass is 329 g/mol. The zero-order chi connectivity index (χ0) is 13.1. The van der Waals surface area contributed by atoms with Crippen LogP contribution in [0, 0.1) is 0 Å². The van der Waals surface area contributed by atoms with Gasteiger partial charge in [0.15, 0.2) is 0 Å². The van der Waals surface area contributed by atoms with Crippen molar-refractivity contribution >= 4 is 33.4 Å². The first-order valence-corrected chi connectivity index (χ1v) is 8.45. The second-order valence-corrected chi connectivity index (χ2v) is 6.80. The number of aliphatic hydroxyl groups excluding tert-OH is 1. The second-order valence-electron chi connectivity index (χ2n) is 4.81. The third-order valence-corrected chi connectivity index (χ3v) is 5.34. The van der Waals surface area contributed by atoms with Gasteiger partial charge in [0.1, 0.15) is 0 Å². The van der Waals surface area contributed by atoms with Crippen LogP contribution in [0.15, 0.2) is 22.7 Å². The Labute approximate surface area is 122 Å². The molecule has 1 saturated heterocycles. The summed E-state index contributed by atoms with van der Waals surface area (Å²) in [5, 5.41) is 10.4. The maximum Gasteiger partial charge on any atom is 0.0762 e. The van der Waals surface area contributed by atoms with E-state index in [-0.39, 0.29) is 0 Å². The maximum absolute atomic E-state index is 9.58. The first-order chi connectivity index (χ1) is 8.61. The molecule has 0 saturated carbocycles. The van der Waals surface area contributed by atoms with Gasteiger partial charge in [0.2, 0.25) is 0 Å². The molecule has 1 aromatic rings. The molecule has 1 fully saturated rings. The molecule has 0 radical (unpaired) electrons. The average Bonchev–Trinajstić information content (AvgIpc) is 2.38. The Bertz CT molecular complexity index is 403. The molecule has 1 aromatic carbocycles. The van der Waals surface area contributed by atoms with Crippen LogP contribution in [0.5, 0.6) is 0 Å². The van der Waals surface area contributed by atoms with E-state index in [0.29, 0.717) is 0 Å². The van der Waals surface area contributed by atoms with Crippen molar-refractivity contribution in [3.63, 3.8) is 0 Å². The van der Waals surface area contributed by atoms with E-state index < -0.39 is 6.10 Å². The molecule has 100 valence electrons. The molecule has 1 unspecified atom stereocenters. The van der Waals surface area contributed by atoms with E-state index in [1.54, 1.807) is 6.92 Å². The van der Waals surface area contributed by atoms with Crippen LogP contribution in [0.3, 0.4) is 0 Å². The van der Waals surface area contributed by atoms with E-state index in [2.05, 4.69) is 33.2 Å². The number of benzene rings is 1. The Morgan fingerprint density at radius 1 is 1.39 bits per heavy atom. The number of piperidine rings is 1. The van der Waals surface area contributed by atoms with Gasteiger partial charge in [0.05, 0.1) is 11.8 Å². The molecular formula is C14H20BrNOS. The van der Waals surface area contributed by atoms with Crippen LogP contribution in [0.2, 0.25) is 0 Å². The molecular weight excluding hydrogens is 310 g/mol. The first-order valence-electron chi connectivity index (χ1n) is 6.37. The SMILES string of the molecule is CSC1CCN(c2ccc(C(C)O)cc2Br)CC1. The number of hydrogen-bond acceptors (Lipinski definition) is 3. The normalized spacial score (nSPS) is 19.0. The molecule has 18 heavy (non-hydrogen) atoms. The number of aliphatic hydroxyl groups is 1. The number of nitrogens with zero attached hydrogens (tertiary/aromatic N) is 1. The van der Waals surface area contributed by atoms with Crippen LogP contribution in [0.1, 0.15) is 31.4 Å². The van der Waals surface area contributed by atoms with Crippen LogP contribution in [0.25, 0.3) is 0 Å². The summed E-state index contributed by atoms with van der Waals surface area (Å²) in [7, 11) is 0. The third-order valence-electron chi connectivity index (χ3n) is 3.57. The highest BCUT2D eigenvalue weighted by Gasteiger charge is 2.20. The van der Waals surface area contributed by atoms with E-state index in [9.17, 15) is 5.11 Å². The van der Waals surface area contributed by atoms with Crippen molar-refractivity contribution in [1.29, 1.82) is 0 Å². The lowest BCUT2D eigenvalue weighted by Crippen LogP contribution is -2.34. The summed E-state index contributed by atoms with van der Waals surface area (Å²) in [6, 6.07) is 6.16. The molecule has 1 N–H and O–H groups in total. The number of thioether (sulfide) groups is 1. The summed E-state index contributed by atoms with van der Waals surface area (Å²) in [5.41, 5.74) is 2.21. The van der Waals surface area contributed by atoms with Crippen LogP contribution < -0.4 is 4.90 Å². The van der Waals surface area contributed by atoms with Crippen LogP contribution in [0.4, 0.5) is 5.69 Å². The Morgan fingerprint density at radius 3 is 2.56 bits per heavy atom. The summed E-state index contributed by atoms with van der Waals surface area (Å²) in [5.74, 6) is 0. The molecule has 2 nitrogen and oxygen atoms in total. The van der Waals surface area contributed by atoms with Crippen molar-refractivity contribution in [3.8, 4) is 0 Å². The van der Waals surface area contributed by atoms with Crippen molar-refractivity contribution in [2.75, 3.05) is 24.2 Å². The van der Waals surface area contributed by atoms with E-state index in [0.717, 1.165) is 28.4 Å². The first kappa shape index (κ1) is 14.2. The summed E-state index contributed by atoms with van der Waals surface area (Å²) in [6.45, 7) is 4.04. The zero-order valence-electron chi connectivity index (χ0n) is 10.9. The Kier molecular flexibility index (Phi) is 4.98. The zero-order valence-corrected chi connectivity index (χ0v) is 13.3. The van der Waals surface area contributed by atoms with Crippen molar-refractivity contribution < 1.29 is 5.11 Å². The largest absolute Gasteiger partial charge is 0.389 e. The predicted molar refractivity (Wildman–Crippen MR) is 83.5 cm³/mol. The third kappa shape index (κ3) is 3.22. The highest BCUT2D eigenvalue weighted by Crippen LogP contribution is 2.32. The molecule has 1 aliphatic heterocycles. The fraction of sp³-hybridized carbons (Fsp3) is 0.571. The second kappa shape index (κ2) is 6.31. The van der Waals surface area contributed by atoms with Crippen molar-refractivity contribution in [2.24, 2.45) is 0 Å². The predicted octanol–water partition coefficient (Wildman–Crippen LogP) is 3.83. The van der Waals surface area contributed by atoms with Gasteiger partial charge in [0, 0.05) is 22.8 Å². The molecule has 1 heterocycles.